The molecule has 0 amide bonds. The lowest BCUT2D eigenvalue weighted by atomic mass is 9.72. The minimum atomic E-state index is 0. The molecule has 4 heteroatoms. The fourth-order valence-corrected chi connectivity index (χ4v) is 4.59. The number of nitrogens with zero attached hydrogens (tertiary/aromatic N) is 1. The van der Waals surface area contributed by atoms with Crippen LogP contribution in [0.5, 0.6) is 0 Å². The molecular formula is C24H23ClN2O. The van der Waals surface area contributed by atoms with Crippen molar-refractivity contribution in [2.24, 2.45) is 10.4 Å². The number of halogens is 1. The van der Waals surface area contributed by atoms with Gasteiger partial charge in [-0.3, -0.25) is 10.1 Å². The van der Waals surface area contributed by atoms with Gasteiger partial charge in [0.05, 0.1) is 10.9 Å². The normalized spacial score (nSPS) is 19.5. The lowest BCUT2D eigenvalue weighted by molar-refractivity contribution is -0.563. The molecule has 3 aliphatic rings. The molecule has 5 rings (SSSR count). The molecule has 0 fully saturated rings. The van der Waals surface area contributed by atoms with Gasteiger partial charge < -0.3 is 12.4 Å². The molecule has 2 heterocycles. The molecule has 1 aliphatic carbocycles. The first kappa shape index (κ1) is 18.9. The molecule has 0 aromatic heterocycles. The standard InChI is InChI=1S/C24H22N2O.ClH/c1-24(2)13-19-22(20(27)14-24)21-16-10-6-7-11-17(16)26-23(21)18(25-19)12-15-8-4-3-5-9-15;/h3-11,25H,12-14H2,1-2H3;1H. The number of fused-ring (bicyclic) bond motifs is 3. The van der Waals surface area contributed by atoms with Crippen molar-refractivity contribution in [3.05, 3.63) is 93.4 Å². The zero-order valence-electron chi connectivity index (χ0n) is 16.1. The third-order valence-corrected chi connectivity index (χ3v) is 5.69. The fraction of sp³-hybridized carbons (Fsp3) is 0.250. The second-order valence-electron chi connectivity index (χ2n) is 8.53. The number of carbonyl (C=O) groups excluding carboxylic acids is 1. The van der Waals surface area contributed by atoms with E-state index in [9.17, 15) is 4.79 Å². The molecule has 0 radical (unpaired) electrons. The average molecular weight is 391 g/mol. The van der Waals surface area contributed by atoms with Crippen LogP contribution in [0.3, 0.4) is 0 Å². The molecule has 3 nitrogen and oxygen atoms in total. The average Bonchev–Trinajstić information content (AvgIpc) is 3.01. The number of nitrogens with two attached hydrogens (primary N) is 1. The molecule has 0 atom stereocenters. The van der Waals surface area contributed by atoms with Gasteiger partial charge in [0.25, 0.3) is 0 Å². The summed E-state index contributed by atoms with van der Waals surface area (Å²) in [6.45, 7) is 4.38. The zero-order chi connectivity index (χ0) is 18.6. The predicted molar refractivity (Wildman–Crippen MR) is 105 cm³/mol. The Kier molecular flexibility index (Phi) is 4.60. The van der Waals surface area contributed by atoms with E-state index in [4.69, 9.17) is 4.99 Å². The second-order valence-corrected chi connectivity index (χ2v) is 8.53. The van der Waals surface area contributed by atoms with Gasteiger partial charge in [-0.2, -0.15) is 0 Å². The number of ketones is 1. The number of rotatable bonds is 2. The van der Waals surface area contributed by atoms with Gasteiger partial charge in [0, 0.05) is 30.1 Å². The van der Waals surface area contributed by atoms with Crippen molar-refractivity contribution >= 4 is 11.4 Å². The minimum absolute atomic E-state index is 0. The van der Waals surface area contributed by atoms with E-state index in [0.29, 0.717) is 6.42 Å². The SMILES string of the molecule is CC1(C)CC(=O)C2=C(C1)[NH2+]C(Cc1ccccc1)=C1N=c3ccccc3=C12.[Cl-]. The molecule has 0 saturated carbocycles. The van der Waals surface area contributed by atoms with E-state index in [1.165, 1.54) is 17.0 Å². The molecule has 2 aliphatic heterocycles. The summed E-state index contributed by atoms with van der Waals surface area (Å²) in [7, 11) is 0. The summed E-state index contributed by atoms with van der Waals surface area (Å²) in [5, 5.41) is 4.33. The third-order valence-electron chi connectivity index (χ3n) is 5.69. The molecule has 28 heavy (non-hydrogen) atoms. The Bertz CT molecular complexity index is 1160. The van der Waals surface area contributed by atoms with Crippen LogP contribution in [0, 0.1) is 5.41 Å². The van der Waals surface area contributed by atoms with Crippen molar-refractivity contribution in [3.8, 4) is 0 Å². The summed E-state index contributed by atoms with van der Waals surface area (Å²) in [6.07, 6.45) is 2.38. The van der Waals surface area contributed by atoms with Crippen molar-refractivity contribution < 1.29 is 22.5 Å². The highest BCUT2D eigenvalue weighted by molar-refractivity contribution is 6.11. The van der Waals surface area contributed by atoms with Gasteiger partial charge >= 0.3 is 0 Å². The lowest BCUT2D eigenvalue weighted by Crippen LogP contribution is -3.00. The van der Waals surface area contributed by atoms with E-state index in [1.807, 2.05) is 24.3 Å². The van der Waals surface area contributed by atoms with Gasteiger partial charge in [-0.25, -0.2) is 4.99 Å². The molecule has 0 bridgehead atoms. The first-order valence-electron chi connectivity index (χ1n) is 9.59. The number of hydrogen-bond acceptors (Lipinski definition) is 2. The molecule has 0 saturated heterocycles. The highest BCUT2D eigenvalue weighted by atomic mass is 35.5. The van der Waals surface area contributed by atoms with E-state index < -0.39 is 0 Å². The maximum absolute atomic E-state index is 13.1. The number of benzene rings is 2. The van der Waals surface area contributed by atoms with Gasteiger partial charge in [-0.15, -0.1) is 0 Å². The molecule has 2 aromatic rings. The molecule has 0 unspecified atom stereocenters. The topological polar surface area (TPSA) is 46.0 Å². The van der Waals surface area contributed by atoms with Crippen LogP contribution in [0.2, 0.25) is 0 Å². The van der Waals surface area contributed by atoms with E-state index in [2.05, 4.69) is 49.5 Å². The van der Waals surface area contributed by atoms with Crippen LogP contribution >= 0.6 is 0 Å². The third kappa shape index (κ3) is 3.05. The van der Waals surface area contributed by atoms with Crippen molar-refractivity contribution in [2.75, 3.05) is 0 Å². The van der Waals surface area contributed by atoms with Crippen LogP contribution in [0.4, 0.5) is 0 Å². The summed E-state index contributed by atoms with van der Waals surface area (Å²) in [6, 6.07) is 18.7. The first-order valence-corrected chi connectivity index (χ1v) is 9.59. The fourth-order valence-electron chi connectivity index (χ4n) is 4.59. The largest absolute Gasteiger partial charge is 1.00 e. The lowest BCUT2D eigenvalue weighted by Gasteiger charge is -2.33. The van der Waals surface area contributed by atoms with Crippen LogP contribution in [0.15, 0.2) is 82.3 Å². The number of allylic oxidation sites excluding steroid dienone is 3. The summed E-state index contributed by atoms with van der Waals surface area (Å²) in [5.74, 6) is 0.260. The highest BCUT2D eigenvalue weighted by Crippen LogP contribution is 2.41. The zero-order valence-corrected chi connectivity index (χ0v) is 16.9. The smallest absolute Gasteiger partial charge is 0.169 e. The minimum Gasteiger partial charge on any atom is -1.00 e. The highest BCUT2D eigenvalue weighted by Gasteiger charge is 2.42. The van der Waals surface area contributed by atoms with Gasteiger partial charge in [0.2, 0.25) is 0 Å². The van der Waals surface area contributed by atoms with Crippen molar-refractivity contribution in [1.29, 1.82) is 0 Å². The van der Waals surface area contributed by atoms with Gasteiger partial charge in [-0.1, -0.05) is 62.4 Å². The Morgan fingerprint density at radius 2 is 1.68 bits per heavy atom. The molecule has 0 spiro atoms. The second kappa shape index (κ2) is 6.84. The number of carbonyl (C=O) groups is 1. The molecule has 142 valence electrons. The van der Waals surface area contributed by atoms with E-state index >= 15 is 0 Å². The summed E-state index contributed by atoms with van der Waals surface area (Å²) in [4.78, 5) is 18.0. The Morgan fingerprint density at radius 1 is 0.964 bits per heavy atom. The van der Waals surface area contributed by atoms with Crippen molar-refractivity contribution in [1.82, 2.24) is 0 Å². The maximum atomic E-state index is 13.1. The van der Waals surface area contributed by atoms with Crippen LogP contribution in [0.25, 0.3) is 5.57 Å². The van der Waals surface area contributed by atoms with Crippen LogP contribution in [-0.4, -0.2) is 5.78 Å². The number of quaternary nitrogens is 1. The monoisotopic (exact) mass is 390 g/mol. The van der Waals surface area contributed by atoms with Crippen molar-refractivity contribution in [3.63, 3.8) is 0 Å². The van der Waals surface area contributed by atoms with Gasteiger partial charge in [-0.05, 0) is 17.0 Å². The first-order chi connectivity index (χ1) is 13.0. The Morgan fingerprint density at radius 3 is 2.46 bits per heavy atom. The Labute approximate surface area is 171 Å². The summed E-state index contributed by atoms with van der Waals surface area (Å²) < 4.78 is 0. The maximum Gasteiger partial charge on any atom is 0.169 e. The predicted octanol–water partition coefficient (Wildman–Crippen LogP) is -0.851. The number of Topliss-reactive ketones (excluding diaryl/α,β-unsaturated/α-hetero) is 1. The van der Waals surface area contributed by atoms with Crippen molar-refractivity contribution in [2.45, 2.75) is 33.1 Å². The van der Waals surface area contributed by atoms with E-state index in [-0.39, 0.29) is 23.6 Å². The summed E-state index contributed by atoms with van der Waals surface area (Å²) in [5.41, 5.74) is 6.66. The van der Waals surface area contributed by atoms with Gasteiger partial charge in [0.15, 0.2) is 5.78 Å². The van der Waals surface area contributed by atoms with E-state index in [0.717, 1.165) is 40.3 Å². The van der Waals surface area contributed by atoms with Crippen LogP contribution in [0.1, 0.15) is 32.3 Å². The van der Waals surface area contributed by atoms with E-state index in [1.54, 1.807) is 0 Å². The molecular weight excluding hydrogens is 368 g/mol. The molecule has 2 aromatic carbocycles. The Balaban J connectivity index is 0.00000192. The van der Waals surface area contributed by atoms with Gasteiger partial charge in [0.1, 0.15) is 17.1 Å². The molecule has 2 N–H and O–H groups in total. The number of hydrogen-bond donors (Lipinski definition) is 1. The van der Waals surface area contributed by atoms with Crippen LogP contribution in [-0.2, 0) is 11.2 Å². The Hall–Kier alpha value is -2.49. The number of para-hydroxylation sites is 1. The quantitative estimate of drug-likeness (QED) is 0.713. The summed E-state index contributed by atoms with van der Waals surface area (Å²) >= 11 is 0. The van der Waals surface area contributed by atoms with Crippen LogP contribution < -0.4 is 28.3 Å².